The van der Waals surface area contributed by atoms with E-state index in [9.17, 15) is 13.2 Å². The average molecular weight is 276 g/mol. The number of rotatable bonds is 2. The minimum atomic E-state index is -2.97. The lowest BCUT2D eigenvalue weighted by Gasteiger charge is -2.24. The highest BCUT2D eigenvalue weighted by molar-refractivity contribution is 5.43. The van der Waals surface area contributed by atoms with Gasteiger partial charge in [0, 0.05) is 6.08 Å². The van der Waals surface area contributed by atoms with E-state index in [1.54, 1.807) is 18.2 Å². The normalized spacial score (nSPS) is 25.4. The van der Waals surface area contributed by atoms with Gasteiger partial charge in [-0.3, -0.25) is 0 Å². The van der Waals surface area contributed by atoms with Gasteiger partial charge in [0.25, 0.3) is 0 Å². The first-order valence-corrected chi connectivity index (χ1v) is 5.53. The molecule has 0 radical (unpaired) electrons. The Morgan fingerprint density at radius 3 is 2.35 bits per heavy atom. The average Bonchev–Trinajstić information content (AvgIpc) is 2.46. The molecule has 0 fully saturated rings. The van der Waals surface area contributed by atoms with Crippen LogP contribution in [0.1, 0.15) is 0 Å². The minimum absolute atomic E-state index is 0.150. The summed E-state index contributed by atoms with van der Waals surface area (Å²) in [5.41, 5.74) is -2.97. The molecule has 2 unspecified atom stereocenters. The number of nitriles is 2. The van der Waals surface area contributed by atoms with Gasteiger partial charge in [0.15, 0.2) is 23.3 Å². The van der Waals surface area contributed by atoms with Gasteiger partial charge in [-0.2, -0.15) is 14.9 Å². The summed E-state index contributed by atoms with van der Waals surface area (Å²) in [6.45, 7) is 0. The number of hydrogen-bond acceptors (Lipinski definition) is 3. The summed E-state index contributed by atoms with van der Waals surface area (Å²) in [4.78, 5) is 0. The Balaban J connectivity index is 2.44. The van der Waals surface area contributed by atoms with Gasteiger partial charge in [0.2, 0.25) is 5.67 Å². The maximum atomic E-state index is 14.2. The van der Waals surface area contributed by atoms with Gasteiger partial charge >= 0.3 is 0 Å². The largest absolute Gasteiger partial charge is 0.454 e. The first kappa shape index (κ1) is 13.7. The van der Waals surface area contributed by atoms with Crippen LogP contribution in [-0.2, 0) is 0 Å². The molecule has 3 nitrogen and oxygen atoms in total. The molecule has 20 heavy (non-hydrogen) atoms. The van der Waals surface area contributed by atoms with Crippen molar-refractivity contribution in [1.29, 1.82) is 10.5 Å². The maximum absolute atomic E-state index is 14.2. The quantitative estimate of drug-likeness (QED) is 0.830. The van der Waals surface area contributed by atoms with Gasteiger partial charge in [-0.05, 0) is 12.1 Å². The van der Waals surface area contributed by atoms with Crippen molar-refractivity contribution < 1.29 is 17.9 Å². The number of hydrogen-bond donors (Lipinski definition) is 0. The molecule has 2 atom stereocenters. The maximum Gasteiger partial charge on any atom is 0.240 e. The Kier molecular flexibility index (Phi) is 3.49. The molecule has 0 aliphatic heterocycles. The van der Waals surface area contributed by atoms with Gasteiger partial charge < -0.3 is 4.74 Å². The highest BCUT2D eigenvalue weighted by Gasteiger charge is 2.47. The van der Waals surface area contributed by atoms with E-state index in [0.29, 0.717) is 6.08 Å². The predicted molar refractivity (Wildman–Crippen MR) is 63.0 cm³/mol. The van der Waals surface area contributed by atoms with Crippen molar-refractivity contribution in [3.63, 3.8) is 0 Å². The zero-order chi connectivity index (χ0) is 14.8. The van der Waals surface area contributed by atoms with E-state index in [1.165, 1.54) is 18.2 Å². The van der Waals surface area contributed by atoms with Crippen LogP contribution in [-0.4, -0.2) is 5.67 Å². The summed E-state index contributed by atoms with van der Waals surface area (Å²) >= 11 is 0. The van der Waals surface area contributed by atoms with Gasteiger partial charge in [-0.15, -0.1) is 0 Å². The standard InChI is InChI=1S/C14H7F3N2O/c15-12-10(7-18)14(17,8-19)6-11(13(12)16)20-9-4-2-1-3-5-9/h1-6,10H. The third-order valence-electron chi connectivity index (χ3n) is 2.71. The molecule has 0 spiro atoms. The molecular formula is C14H7F3N2O. The molecule has 100 valence electrons. The molecule has 0 bridgehead atoms. The number of alkyl halides is 1. The van der Waals surface area contributed by atoms with Crippen molar-refractivity contribution in [3.8, 4) is 17.9 Å². The second kappa shape index (κ2) is 5.10. The fourth-order valence-corrected chi connectivity index (χ4v) is 1.70. The molecule has 6 heteroatoms. The van der Waals surface area contributed by atoms with Crippen molar-refractivity contribution in [2.45, 2.75) is 5.67 Å². The van der Waals surface area contributed by atoms with Gasteiger partial charge in [-0.1, -0.05) is 18.2 Å². The lowest BCUT2D eigenvalue weighted by Crippen LogP contribution is -2.33. The number of benzene rings is 1. The molecule has 0 saturated heterocycles. The summed E-state index contributed by atoms with van der Waals surface area (Å²) in [6.07, 6.45) is 0.478. The minimum Gasteiger partial charge on any atom is -0.454 e. The molecular weight excluding hydrogens is 269 g/mol. The Hall–Kier alpha value is -2.73. The van der Waals surface area contributed by atoms with Crippen LogP contribution in [0.25, 0.3) is 0 Å². The van der Waals surface area contributed by atoms with Gasteiger partial charge in [0.05, 0.1) is 6.07 Å². The second-order valence-corrected chi connectivity index (χ2v) is 4.03. The Bertz CT molecular complexity index is 670. The number of halogens is 3. The van der Waals surface area contributed by atoms with E-state index >= 15 is 0 Å². The molecule has 1 aliphatic rings. The van der Waals surface area contributed by atoms with Crippen LogP contribution in [0.3, 0.4) is 0 Å². The topological polar surface area (TPSA) is 56.8 Å². The summed E-state index contributed by atoms with van der Waals surface area (Å²) in [6, 6.07) is 10.2. The van der Waals surface area contributed by atoms with E-state index < -0.39 is 29.0 Å². The molecule has 2 rings (SSSR count). The molecule has 0 saturated carbocycles. The van der Waals surface area contributed by atoms with Crippen molar-refractivity contribution >= 4 is 0 Å². The fraction of sp³-hybridized carbons (Fsp3) is 0.143. The first-order valence-electron chi connectivity index (χ1n) is 5.53. The van der Waals surface area contributed by atoms with E-state index in [-0.39, 0.29) is 5.75 Å². The van der Waals surface area contributed by atoms with E-state index in [2.05, 4.69) is 0 Å². The molecule has 0 aromatic heterocycles. The van der Waals surface area contributed by atoms with Crippen molar-refractivity contribution in [2.75, 3.05) is 0 Å². The number of para-hydroxylation sites is 1. The number of nitrogens with zero attached hydrogens (tertiary/aromatic N) is 2. The highest BCUT2D eigenvalue weighted by atomic mass is 19.2. The van der Waals surface area contributed by atoms with Crippen LogP contribution >= 0.6 is 0 Å². The third-order valence-corrected chi connectivity index (χ3v) is 2.71. The number of ether oxygens (including phenoxy) is 1. The first-order chi connectivity index (χ1) is 9.51. The number of allylic oxidation sites excluding steroid dienone is 3. The van der Waals surface area contributed by atoms with Crippen LogP contribution in [0.5, 0.6) is 5.75 Å². The zero-order valence-electron chi connectivity index (χ0n) is 9.98. The zero-order valence-corrected chi connectivity index (χ0v) is 9.98. The SMILES string of the molecule is N#CC1C(F)=C(F)C(Oc2ccccc2)=CC1(F)C#N. The van der Waals surface area contributed by atoms with Crippen LogP contribution in [0.2, 0.25) is 0 Å². The monoisotopic (exact) mass is 276 g/mol. The summed E-state index contributed by atoms with van der Waals surface area (Å²) in [5, 5.41) is 17.4. The van der Waals surface area contributed by atoms with Crippen LogP contribution in [0, 0.1) is 28.6 Å². The van der Waals surface area contributed by atoms with Gasteiger partial charge in [-0.25, -0.2) is 8.78 Å². The smallest absolute Gasteiger partial charge is 0.240 e. The van der Waals surface area contributed by atoms with E-state index in [1.807, 2.05) is 0 Å². The van der Waals surface area contributed by atoms with Crippen molar-refractivity contribution in [1.82, 2.24) is 0 Å². The van der Waals surface area contributed by atoms with Crippen LogP contribution in [0.4, 0.5) is 13.2 Å². The molecule has 1 aromatic carbocycles. The lowest BCUT2D eigenvalue weighted by atomic mass is 9.85. The summed E-state index contributed by atoms with van der Waals surface area (Å²) in [7, 11) is 0. The summed E-state index contributed by atoms with van der Waals surface area (Å²) in [5.74, 6) is -5.88. The van der Waals surface area contributed by atoms with Gasteiger partial charge in [0.1, 0.15) is 11.8 Å². The molecule has 1 aliphatic carbocycles. The molecule has 0 amide bonds. The van der Waals surface area contributed by atoms with Crippen molar-refractivity contribution in [3.05, 3.63) is 53.8 Å². The Labute approximate surface area is 112 Å². The third kappa shape index (κ3) is 2.24. The van der Waals surface area contributed by atoms with E-state index in [4.69, 9.17) is 15.3 Å². The van der Waals surface area contributed by atoms with Crippen LogP contribution < -0.4 is 4.74 Å². The highest BCUT2D eigenvalue weighted by Crippen LogP contribution is 2.40. The van der Waals surface area contributed by atoms with E-state index in [0.717, 1.165) is 6.07 Å². The lowest BCUT2D eigenvalue weighted by molar-refractivity contribution is 0.215. The molecule has 1 aromatic rings. The van der Waals surface area contributed by atoms with Crippen LogP contribution in [0.15, 0.2) is 53.8 Å². The second-order valence-electron chi connectivity index (χ2n) is 4.03. The molecule has 0 heterocycles. The Morgan fingerprint density at radius 1 is 1.15 bits per heavy atom. The van der Waals surface area contributed by atoms with Crippen molar-refractivity contribution in [2.24, 2.45) is 5.92 Å². The fourth-order valence-electron chi connectivity index (χ4n) is 1.70. The molecule has 0 N–H and O–H groups in total. The predicted octanol–water partition coefficient (Wildman–Crippen LogP) is 3.49. The summed E-state index contributed by atoms with van der Waals surface area (Å²) < 4.78 is 46.6. The Morgan fingerprint density at radius 2 is 1.80 bits per heavy atom.